The van der Waals surface area contributed by atoms with Gasteiger partial charge in [-0.3, -0.25) is 9.78 Å². The van der Waals surface area contributed by atoms with Crippen LogP contribution in [0.4, 0.5) is 4.39 Å². The monoisotopic (exact) mass is 199 g/mol. The first-order valence-corrected chi connectivity index (χ1v) is 4.00. The Bertz CT molecular complexity index is 330. The number of aliphatic hydroxyl groups is 1. The SMILES string of the molecule is COC(=O)C[C@H](O)c1ncccc1F. The molecular formula is C9H10FNO3. The van der Waals surface area contributed by atoms with Gasteiger partial charge in [-0.1, -0.05) is 0 Å². The number of pyridine rings is 1. The number of rotatable bonds is 3. The average molecular weight is 199 g/mol. The van der Waals surface area contributed by atoms with Crippen LogP contribution in [0.1, 0.15) is 18.2 Å². The van der Waals surface area contributed by atoms with Crippen molar-refractivity contribution in [3.8, 4) is 0 Å². The minimum absolute atomic E-state index is 0.141. The van der Waals surface area contributed by atoms with Gasteiger partial charge >= 0.3 is 5.97 Å². The second-order valence-electron chi connectivity index (χ2n) is 2.67. The fourth-order valence-electron chi connectivity index (χ4n) is 0.981. The first-order chi connectivity index (χ1) is 6.65. The van der Waals surface area contributed by atoms with Crippen molar-refractivity contribution >= 4 is 5.97 Å². The maximum absolute atomic E-state index is 13.0. The maximum Gasteiger partial charge on any atom is 0.308 e. The Kier molecular flexibility index (Phi) is 3.53. The lowest BCUT2D eigenvalue weighted by Gasteiger charge is -2.08. The van der Waals surface area contributed by atoms with Gasteiger partial charge in [0.15, 0.2) is 0 Å². The molecule has 0 spiro atoms. The van der Waals surface area contributed by atoms with E-state index in [0.29, 0.717) is 0 Å². The summed E-state index contributed by atoms with van der Waals surface area (Å²) in [7, 11) is 1.20. The number of methoxy groups -OCH3 is 1. The Balaban J connectivity index is 2.74. The second-order valence-corrected chi connectivity index (χ2v) is 2.67. The summed E-state index contributed by atoms with van der Waals surface area (Å²) in [4.78, 5) is 14.4. The van der Waals surface area contributed by atoms with Gasteiger partial charge in [0.2, 0.25) is 0 Å². The first kappa shape index (κ1) is 10.6. The van der Waals surface area contributed by atoms with E-state index in [1.807, 2.05) is 0 Å². The summed E-state index contributed by atoms with van der Waals surface area (Å²) in [5.41, 5.74) is -0.141. The van der Waals surface area contributed by atoms with Crippen LogP contribution >= 0.6 is 0 Å². The minimum Gasteiger partial charge on any atom is -0.469 e. The fraction of sp³-hybridized carbons (Fsp3) is 0.333. The largest absolute Gasteiger partial charge is 0.469 e. The number of esters is 1. The third-order valence-corrected chi connectivity index (χ3v) is 1.69. The zero-order valence-electron chi connectivity index (χ0n) is 7.61. The van der Waals surface area contributed by atoms with Crippen LogP contribution in [0.15, 0.2) is 18.3 Å². The molecular weight excluding hydrogens is 189 g/mol. The number of hydrogen-bond donors (Lipinski definition) is 1. The third kappa shape index (κ3) is 2.50. The highest BCUT2D eigenvalue weighted by Crippen LogP contribution is 2.17. The number of halogens is 1. The van der Waals surface area contributed by atoms with Gasteiger partial charge in [0.25, 0.3) is 0 Å². The standard InChI is InChI=1S/C9H10FNO3/c1-14-8(13)5-7(12)9-6(10)3-2-4-11-9/h2-4,7,12H,5H2,1H3/t7-/m0/s1. The lowest BCUT2D eigenvalue weighted by Crippen LogP contribution is -2.10. The molecule has 5 heteroatoms. The van der Waals surface area contributed by atoms with Crippen molar-refractivity contribution in [3.63, 3.8) is 0 Å². The van der Waals surface area contributed by atoms with Crippen LogP contribution in [0.3, 0.4) is 0 Å². The summed E-state index contributed by atoms with van der Waals surface area (Å²) in [5.74, 6) is -1.24. The van der Waals surface area contributed by atoms with Gasteiger partial charge in [0.05, 0.1) is 13.5 Å². The van der Waals surface area contributed by atoms with E-state index in [9.17, 15) is 14.3 Å². The highest BCUT2D eigenvalue weighted by Gasteiger charge is 2.17. The summed E-state index contributed by atoms with van der Waals surface area (Å²) in [6, 6.07) is 2.58. The van der Waals surface area contributed by atoms with E-state index in [1.54, 1.807) is 0 Å². The van der Waals surface area contributed by atoms with Gasteiger partial charge in [-0.15, -0.1) is 0 Å². The van der Waals surface area contributed by atoms with E-state index in [0.717, 1.165) is 0 Å². The summed E-state index contributed by atoms with van der Waals surface area (Å²) in [5, 5.41) is 9.40. The van der Waals surface area contributed by atoms with E-state index >= 15 is 0 Å². The molecule has 1 N–H and O–H groups in total. The molecule has 0 amide bonds. The lowest BCUT2D eigenvalue weighted by molar-refractivity contribution is -0.143. The zero-order valence-corrected chi connectivity index (χ0v) is 7.61. The molecule has 14 heavy (non-hydrogen) atoms. The van der Waals surface area contributed by atoms with Crippen LogP contribution in [0.5, 0.6) is 0 Å². The van der Waals surface area contributed by atoms with Gasteiger partial charge in [-0.2, -0.15) is 0 Å². The predicted octanol–water partition coefficient (Wildman–Crippen LogP) is 0.817. The van der Waals surface area contributed by atoms with E-state index in [2.05, 4.69) is 9.72 Å². The molecule has 1 rings (SSSR count). The van der Waals surface area contributed by atoms with Crippen molar-refractivity contribution in [2.75, 3.05) is 7.11 Å². The first-order valence-electron chi connectivity index (χ1n) is 4.00. The highest BCUT2D eigenvalue weighted by molar-refractivity contribution is 5.69. The maximum atomic E-state index is 13.0. The number of hydrogen-bond acceptors (Lipinski definition) is 4. The molecule has 0 radical (unpaired) electrons. The van der Waals surface area contributed by atoms with Crippen LogP contribution in [-0.4, -0.2) is 23.2 Å². The van der Waals surface area contributed by atoms with Crippen molar-refractivity contribution in [1.29, 1.82) is 0 Å². The third-order valence-electron chi connectivity index (χ3n) is 1.69. The molecule has 1 aromatic rings. The predicted molar refractivity (Wildman–Crippen MR) is 45.8 cm³/mol. The smallest absolute Gasteiger partial charge is 0.308 e. The summed E-state index contributed by atoms with van der Waals surface area (Å²) in [6.07, 6.45) is -0.216. The number of carbonyl (C=O) groups is 1. The van der Waals surface area contributed by atoms with Crippen LogP contribution in [0.2, 0.25) is 0 Å². The molecule has 0 aliphatic carbocycles. The van der Waals surface area contributed by atoms with Crippen molar-refractivity contribution in [2.24, 2.45) is 0 Å². The Labute approximate surface area is 80.3 Å². The molecule has 1 atom stereocenters. The molecule has 0 saturated heterocycles. The molecule has 0 aliphatic rings. The lowest BCUT2D eigenvalue weighted by atomic mass is 10.1. The van der Waals surface area contributed by atoms with Crippen LogP contribution in [0.25, 0.3) is 0 Å². The van der Waals surface area contributed by atoms with Crippen molar-refractivity contribution in [1.82, 2.24) is 4.98 Å². The molecule has 0 unspecified atom stereocenters. The van der Waals surface area contributed by atoms with Crippen LogP contribution < -0.4 is 0 Å². The number of aromatic nitrogens is 1. The van der Waals surface area contributed by atoms with E-state index in [1.165, 1.54) is 25.4 Å². The van der Waals surface area contributed by atoms with Crippen molar-refractivity contribution < 1.29 is 19.0 Å². The van der Waals surface area contributed by atoms with Gasteiger partial charge in [0.1, 0.15) is 17.6 Å². The molecule has 0 bridgehead atoms. The van der Waals surface area contributed by atoms with Crippen LogP contribution in [-0.2, 0) is 9.53 Å². The highest BCUT2D eigenvalue weighted by atomic mass is 19.1. The van der Waals surface area contributed by atoms with Gasteiger partial charge in [0, 0.05) is 6.20 Å². The molecule has 0 aliphatic heterocycles. The normalized spacial score (nSPS) is 12.2. The van der Waals surface area contributed by atoms with Gasteiger partial charge in [-0.25, -0.2) is 4.39 Å². The average Bonchev–Trinajstić information content (AvgIpc) is 2.18. The molecule has 0 saturated carbocycles. The van der Waals surface area contributed by atoms with Crippen LogP contribution in [0, 0.1) is 5.82 Å². The number of nitrogens with zero attached hydrogens (tertiary/aromatic N) is 1. The molecule has 76 valence electrons. The summed E-state index contributed by atoms with van der Waals surface area (Å²) < 4.78 is 17.4. The van der Waals surface area contributed by atoms with Gasteiger partial charge < -0.3 is 9.84 Å². The Hall–Kier alpha value is -1.49. The van der Waals surface area contributed by atoms with E-state index < -0.39 is 17.9 Å². The molecule has 4 nitrogen and oxygen atoms in total. The van der Waals surface area contributed by atoms with E-state index in [-0.39, 0.29) is 12.1 Å². The Morgan fingerprint density at radius 2 is 2.50 bits per heavy atom. The number of aliphatic hydroxyl groups excluding tert-OH is 1. The fourth-order valence-corrected chi connectivity index (χ4v) is 0.981. The van der Waals surface area contributed by atoms with E-state index in [4.69, 9.17) is 0 Å². The molecule has 1 aromatic heterocycles. The quantitative estimate of drug-likeness (QED) is 0.732. The minimum atomic E-state index is -1.26. The van der Waals surface area contributed by atoms with Gasteiger partial charge in [-0.05, 0) is 12.1 Å². The molecule has 0 aromatic carbocycles. The Morgan fingerprint density at radius 3 is 3.07 bits per heavy atom. The van der Waals surface area contributed by atoms with Crippen molar-refractivity contribution in [2.45, 2.75) is 12.5 Å². The Morgan fingerprint density at radius 1 is 1.79 bits per heavy atom. The molecule has 0 fully saturated rings. The number of ether oxygens (including phenoxy) is 1. The summed E-state index contributed by atoms with van der Waals surface area (Å²) in [6.45, 7) is 0. The zero-order chi connectivity index (χ0) is 10.6. The summed E-state index contributed by atoms with van der Waals surface area (Å²) >= 11 is 0. The van der Waals surface area contributed by atoms with Crippen molar-refractivity contribution in [3.05, 3.63) is 29.8 Å². The molecule has 1 heterocycles. The number of carbonyl (C=O) groups excluding carboxylic acids is 1. The second kappa shape index (κ2) is 4.66. The topological polar surface area (TPSA) is 59.4 Å².